The number of amides is 1. The third kappa shape index (κ3) is 3.86. The van der Waals surface area contributed by atoms with E-state index in [0.29, 0.717) is 4.88 Å². The first-order valence-electron chi connectivity index (χ1n) is 7.51. The predicted octanol–water partition coefficient (Wildman–Crippen LogP) is 4.73. The largest absolute Gasteiger partial charge is 0.308 e. The van der Waals surface area contributed by atoms with E-state index in [1.165, 1.54) is 11.3 Å². The minimum absolute atomic E-state index is 0.0703. The van der Waals surface area contributed by atoms with Crippen LogP contribution >= 0.6 is 33.9 Å². The maximum absolute atomic E-state index is 12.9. The summed E-state index contributed by atoms with van der Waals surface area (Å²) < 4.78 is 1.04. The average molecular weight is 419 g/mol. The van der Waals surface area contributed by atoms with E-state index in [0.717, 1.165) is 46.5 Å². The van der Waals surface area contributed by atoms with Crippen LogP contribution in [0.15, 0.2) is 6.07 Å². The molecule has 2 rings (SSSR count). The van der Waals surface area contributed by atoms with Gasteiger partial charge in [0.15, 0.2) is 6.29 Å². The Morgan fingerprint density at radius 2 is 2.00 bits per heavy atom. The number of carbonyl (C=O) groups is 2. The lowest BCUT2D eigenvalue weighted by Gasteiger charge is -2.33. The minimum atomic E-state index is 0.0703. The number of nitrogens with zero attached hydrogens (tertiary/aromatic N) is 1. The van der Waals surface area contributed by atoms with Gasteiger partial charge in [0, 0.05) is 12.0 Å². The summed E-state index contributed by atoms with van der Waals surface area (Å²) in [6, 6.07) is 2.03. The van der Waals surface area contributed by atoms with E-state index in [1.54, 1.807) is 0 Å². The van der Waals surface area contributed by atoms with E-state index in [4.69, 9.17) is 0 Å². The minimum Gasteiger partial charge on any atom is -0.308 e. The Hall–Kier alpha value is -0.430. The molecule has 1 saturated carbocycles. The molecule has 0 aromatic carbocycles. The lowest BCUT2D eigenvalue weighted by Crippen LogP contribution is -2.42. The molecule has 1 aromatic rings. The Balaban J connectivity index is 2.26. The fraction of sp³-hybridized carbons (Fsp3) is 0.625. The monoisotopic (exact) mass is 419 g/mol. The topological polar surface area (TPSA) is 37.4 Å². The Kier molecular flexibility index (Phi) is 5.82. The fourth-order valence-corrected chi connectivity index (χ4v) is 4.69. The van der Waals surface area contributed by atoms with Crippen LogP contribution in [0.25, 0.3) is 0 Å². The predicted molar refractivity (Wildman–Crippen MR) is 96.2 cm³/mol. The first kappa shape index (κ1) is 16.9. The molecule has 116 valence electrons. The molecule has 0 atom stereocenters. The van der Waals surface area contributed by atoms with Crippen molar-refractivity contribution in [3.63, 3.8) is 0 Å². The highest BCUT2D eigenvalue weighted by Crippen LogP contribution is 2.35. The zero-order valence-corrected chi connectivity index (χ0v) is 15.7. The third-order valence-corrected chi connectivity index (χ3v) is 6.01. The molecule has 1 heterocycles. The average Bonchev–Trinajstić information content (AvgIpc) is 2.80. The van der Waals surface area contributed by atoms with Crippen molar-refractivity contribution in [3.05, 3.63) is 13.8 Å². The van der Waals surface area contributed by atoms with Gasteiger partial charge in [0.25, 0.3) is 0 Å². The molecule has 0 spiro atoms. The van der Waals surface area contributed by atoms with Gasteiger partial charge in [-0.1, -0.05) is 6.92 Å². The Bertz CT molecular complexity index is 518. The SMILES string of the molecule is CC1CCC(C(=O)N(c2cc(I)sc2C=O)C(C)C)CC1. The Labute approximate surface area is 144 Å². The van der Waals surface area contributed by atoms with E-state index < -0.39 is 0 Å². The number of hydrogen-bond acceptors (Lipinski definition) is 3. The van der Waals surface area contributed by atoms with Gasteiger partial charge in [-0.05, 0) is 74.1 Å². The quantitative estimate of drug-likeness (QED) is 0.523. The number of aldehydes is 1. The van der Waals surface area contributed by atoms with E-state index in [1.807, 2.05) is 24.8 Å². The fourth-order valence-electron chi connectivity index (χ4n) is 2.99. The molecule has 0 aliphatic heterocycles. The second-order valence-electron chi connectivity index (χ2n) is 6.18. The van der Waals surface area contributed by atoms with Gasteiger partial charge in [-0.15, -0.1) is 11.3 Å². The standard InChI is InChI=1S/C16H22INO2S/c1-10(2)18(13-8-15(17)21-14(13)9-19)16(20)12-6-4-11(3)5-7-12/h8-12H,4-7H2,1-3H3. The highest BCUT2D eigenvalue weighted by atomic mass is 127. The van der Waals surface area contributed by atoms with Gasteiger partial charge in [0.05, 0.1) is 13.4 Å². The molecule has 1 aromatic heterocycles. The lowest BCUT2D eigenvalue weighted by molar-refractivity contribution is -0.123. The van der Waals surface area contributed by atoms with Crippen molar-refractivity contribution in [2.24, 2.45) is 11.8 Å². The number of carbonyl (C=O) groups excluding carboxylic acids is 2. The molecular formula is C16H22INO2S. The van der Waals surface area contributed by atoms with Gasteiger partial charge in [-0.2, -0.15) is 0 Å². The van der Waals surface area contributed by atoms with Crippen molar-refractivity contribution in [2.45, 2.75) is 52.5 Å². The van der Waals surface area contributed by atoms with Gasteiger partial charge in [-0.25, -0.2) is 0 Å². The van der Waals surface area contributed by atoms with Gasteiger partial charge in [0.1, 0.15) is 0 Å². The maximum Gasteiger partial charge on any atom is 0.230 e. The number of rotatable bonds is 4. The van der Waals surface area contributed by atoms with Crippen LogP contribution in [0.5, 0.6) is 0 Å². The molecule has 3 nitrogen and oxygen atoms in total. The maximum atomic E-state index is 12.9. The van der Waals surface area contributed by atoms with E-state index in [-0.39, 0.29) is 17.9 Å². The molecule has 21 heavy (non-hydrogen) atoms. The molecule has 1 aliphatic rings. The first-order valence-corrected chi connectivity index (χ1v) is 9.41. The molecule has 0 unspecified atom stereocenters. The summed E-state index contributed by atoms with van der Waals surface area (Å²) in [7, 11) is 0. The van der Waals surface area contributed by atoms with Crippen LogP contribution < -0.4 is 4.90 Å². The van der Waals surface area contributed by atoms with E-state index in [2.05, 4.69) is 29.5 Å². The Morgan fingerprint density at radius 1 is 1.38 bits per heavy atom. The summed E-state index contributed by atoms with van der Waals surface area (Å²) >= 11 is 3.66. The molecule has 0 N–H and O–H groups in total. The van der Waals surface area contributed by atoms with Crippen LogP contribution in [0.4, 0.5) is 5.69 Å². The van der Waals surface area contributed by atoms with Crippen molar-refractivity contribution < 1.29 is 9.59 Å². The summed E-state index contributed by atoms with van der Waals surface area (Å²) in [5.74, 6) is 1.03. The van der Waals surface area contributed by atoms with Crippen LogP contribution in [0.1, 0.15) is 56.1 Å². The third-order valence-electron chi connectivity index (χ3n) is 4.20. The molecule has 1 fully saturated rings. The van der Waals surface area contributed by atoms with Crippen LogP contribution in [0, 0.1) is 14.7 Å². The zero-order chi connectivity index (χ0) is 15.6. The number of hydrogen-bond donors (Lipinski definition) is 0. The van der Waals surface area contributed by atoms with Gasteiger partial charge < -0.3 is 4.90 Å². The molecule has 1 aliphatic carbocycles. The summed E-state index contributed by atoms with van der Waals surface area (Å²) in [6.45, 7) is 6.29. The van der Waals surface area contributed by atoms with Crippen LogP contribution in [0.2, 0.25) is 0 Å². The second kappa shape index (κ2) is 7.22. The van der Waals surface area contributed by atoms with Gasteiger partial charge in [0.2, 0.25) is 5.91 Å². The van der Waals surface area contributed by atoms with Crippen molar-refractivity contribution in [3.8, 4) is 0 Å². The molecule has 0 radical (unpaired) electrons. The molecule has 1 amide bonds. The number of thiophene rings is 1. The zero-order valence-electron chi connectivity index (χ0n) is 12.8. The second-order valence-corrected chi connectivity index (χ2v) is 9.15. The van der Waals surface area contributed by atoms with Crippen molar-refractivity contribution in [2.75, 3.05) is 4.90 Å². The lowest BCUT2D eigenvalue weighted by atomic mass is 9.82. The van der Waals surface area contributed by atoms with Gasteiger partial charge in [-0.3, -0.25) is 9.59 Å². The van der Waals surface area contributed by atoms with Crippen molar-refractivity contribution >= 4 is 51.8 Å². The molecular weight excluding hydrogens is 397 g/mol. The molecule has 0 bridgehead atoms. The van der Waals surface area contributed by atoms with Crippen LogP contribution in [-0.2, 0) is 4.79 Å². The van der Waals surface area contributed by atoms with Crippen LogP contribution in [-0.4, -0.2) is 18.2 Å². The highest BCUT2D eigenvalue weighted by Gasteiger charge is 2.31. The first-order chi connectivity index (χ1) is 9.93. The summed E-state index contributed by atoms with van der Waals surface area (Å²) in [5.41, 5.74) is 0.790. The van der Waals surface area contributed by atoms with E-state index >= 15 is 0 Å². The number of anilines is 1. The molecule has 0 saturated heterocycles. The normalized spacial score (nSPS) is 22.3. The van der Waals surface area contributed by atoms with E-state index in [9.17, 15) is 9.59 Å². The summed E-state index contributed by atoms with van der Waals surface area (Å²) in [5, 5.41) is 0. The summed E-state index contributed by atoms with van der Waals surface area (Å²) in [6.07, 6.45) is 5.07. The van der Waals surface area contributed by atoms with Crippen molar-refractivity contribution in [1.82, 2.24) is 0 Å². The highest BCUT2D eigenvalue weighted by molar-refractivity contribution is 14.1. The number of halogens is 1. The smallest absolute Gasteiger partial charge is 0.230 e. The van der Waals surface area contributed by atoms with Crippen molar-refractivity contribution in [1.29, 1.82) is 0 Å². The summed E-state index contributed by atoms with van der Waals surface area (Å²) in [4.78, 5) is 26.7. The molecule has 5 heteroatoms. The van der Waals surface area contributed by atoms with Gasteiger partial charge >= 0.3 is 0 Å². The van der Waals surface area contributed by atoms with Crippen LogP contribution in [0.3, 0.4) is 0 Å². The Morgan fingerprint density at radius 3 is 2.52 bits per heavy atom.